The van der Waals surface area contributed by atoms with Gasteiger partial charge in [0.1, 0.15) is 0 Å². The van der Waals surface area contributed by atoms with Crippen LogP contribution in [0.15, 0.2) is 48.5 Å². The molecule has 2 aromatic carbocycles. The number of hydrogen-bond donors (Lipinski definition) is 0. The Bertz CT molecular complexity index is 547. The SMILES string of the molecule is Cc1cccc(C(Cl)c2ccc(C(C)(C)C)cc2)c1. The second-order valence-corrected chi connectivity index (χ2v) is 6.59. The minimum Gasteiger partial charge on any atom is -0.113 e. The van der Waals surface area contributed by atoms with Gasteiger partial charge in [0.15, 0.2) is 0 Å². The molecule has 0 aliphatic rings. The summed E-state index contributed by atoms with van der Waals surface area (Å²) in [6.45, 7) is 8.76. The van der Waals surface area contributed by atoms with E-state index in [1.807, 2.05) is 0 Å². The molecule has 19 heavy (non-hydrogen) atoms. The van der Waals surface area contributed by atoms with E-state index >= 15 is 0 Å². The van der Waals surface area contributed by atoms with Crippen LogP contribution in [-0.2, 0) is 5.41 Å². The summed E-state index contributed by atoms with van der Waals surface area (Å²) in [4.78, 5) is 0. The minimum atomic E-state index is -0.0751. The highest BCUT2D eigenvalue weighted by molar-refractivity contribution is 6.22. The van der Waals surface area contributed by atoms with Crippen molar-refractivity contribution in [3.63, 3.8) is 0 Å². The van der Waals surface area contributed by atoms with E-state index in [0.29, 0.717) is 0 Å². The zero-order chi connectivity index (χ0) is 14.0. The summed E-state index contributed by atoms with van der Waals surface area (Å²) < 4.78 is 0. The maximum Gasteiger partial charge on any atom is 0.0835 e. The molecule has 0 heterocycles. The van der Waals surface area contributed by atoms with Crippen LogP contribution in [0.4, 0.5) is 0 Å². The lowest BCUT2D eigenvalue weighted by Crippen LogP contribution is -2.10. The molecular weight excluding hydrogens is 252 g/mol. The van der Waals surface area contributed by atoms with Crippen LogP contribution in [0, 0.1) is 6.92 Å². The maximum atomic E-state index is 6.57. The van der Waals surface area contributed by atoms with Gasteiger partial charge in [-0.2, -0.15) is 0 Å². The molecule has 0 saturated carbocycles. The van der Waals surface area contributed by atoms with Crippen LogP contribution >= 0.6 is 11.6 Å². The molecule has 0 N–H and O–H groups in total. The van der Waals surface area contributed by atoms with Gasteiger partial charge in [0, 0.05) is 0 Å². The molecule has 0 aromatic heterocycles. The number of alkyl halides is 1. The van der Waals surface area contributed by atoms with Crippen molar-refractivity contribution < 1.29 is 0 Å². The topological polar surface area (TPSA) is 0 Å². The Morgan fingerprint density at radius 2 is 1.53 bits per heavy atom. The fourth-order valence-corrected chi connectivity index (χ4v) is 2.45. The molecule has 0 amide bonds. The predicted octanol–water partition coefficient (Wildman–Crippen LogP) is 5.62. The Balaban J connectivity index is 2.27. The average Bonchev–Trinajstić information content (AvgIpc) is 2.37. The Labute approximate surface area is 121 Å². The van der Waals surface area contributed by atoms with E-state index in [2.05, 4.69) is 76.2 Å². The standard InChI is InChI=1S/C18H21Cl/c1-13-6-5-7-15(12-13)17(19)14-8-10-16(11-9-14)18(2,3)4/h5-12,17H,1-4H3. The minimum absolute atomic E-state index is 0.0751. The Hall–Kier alpha value is -1.27. The first kappa shape index (κ1) is 14.1. The van der Waals surface area contributed by atoms with Crippen molar-refractivity contribution >= 4 is 11.6 Å². The van der Waals surface area contributed by atoms with Crippen LogP contribution in [0.1, 0.15) is 48.4 Å². The fourth-order valence-electron chi connectivity index (χ4n) is 2.17. The third-order valence-electron chi connectivity index (χ3n) is 3.40. The summed E-state index contributed by atoms with van der Waals surface area (Å²) in [6, 6.07) is 17.0. The molecule has 2 rings (SSSR count). The van der Waals surface area contributed by atoms with Crippen LogP contribution in [0.3, 0.4) is 0 Å². The number of hydrogen-bond acceptors (Lipinski definition) is 0. The first-order chi connectivity index (χ1) is 8.88. The second kappa shape index (κ2) is 5.38. The van der Waals surface area contributed by atoms with E-state index in [9.17, 15) is 0 Å². The highest BCUT2D eigenvalue weighted by atomic mass is 35.5. The predicted molar refractivity (Wildman–Crippen MR) is 84.0 cm³/mol. The number of halogens is 1. The van der Waals surface area contributed by atoms with Crippen molar-refractivity contribution in [2.75, 3.05) is 0 Å². The van der Waals surface area contributed by atoms with Crippen molar-refractivity contribution in [3.8, 4) is 0 Å². The first-order valence-corrected chi connectivity index (χ1v) is 7.12. The van der Waals surface area contributed by atoms with E-state index < -0.39 is 0 Å². The fraction of sp³-hybridized carbons (Fsp3) is 0.333. The molecule has 0 bridgehead atoms. The molecule has 0 nitrogen and oxygen atoms in total. The summed E-state index contributed by atoms with van der Waals surface area (Å²) in [5.74, 6) is 0. The largest absolute Gasteiger partial charge is 0.113 e. The Kier molecular flexibility index (Phi) is 4.01. The van der Waals surface area contributed by atoms with E-state index in [1.165, 1.54) is 11.1 Å². The maximum absolute atomic E-state index is 6.57. The first-order valence-electron chi connectivity index (χ1n) is 6.69. The highest BCUT2D eigenvalue weighted by Crippen LogP contribution is 2.31. The third kappa shape index (κ3) is 3.39. The molecule has 0 saturated heterocycles. The van der Waals surface area contributed by atoms with Gasteiger partial charge in [0.2, 0.25) is 0 Å². The van der Waals surface area contributed by atoms with Gasteiger partial charge in [-0.1, -0.05) is 74.9 Å². The second-order valence-electron chi connectivity index (χ2n) is 6.15. The zero-order valence-corrected chi connectivity index (χ0v) is 12.8. The molecule has 0 radical (unpaired) electrons. The van der Waals surface area contributed by atoms with Gasteiger partial charge in [-0.3, -0.25) is 0 Å². The third-order valence-corrected chi connectivity index (χ3v) is 3.91. The lowest BCUT2D eigenvalue weighted by molar-refractivity contribution is 0.590. The van der Waals surface area contributed by atoms with E-state index in [1.54, 1.807) is 0 Å². The molecule has 0 aliphatic carbocycles. The molecule has 0 aliphatic heterocycles. The molecule has 1 unspecified atom stereocenters. The highest BCUT2D eigenvalue weighted by Gasteiger charge is 2.15. The molecule has 100 valence electrons. The van der Waals surface area contributed by atoms with Crippen LogP contribution in [0.2, 0.25) is 0 Å². The molecule has 0 fully saturated rings. The Morgan fingerprint density at radius 3 is 2.05 bits per heavy atom. The summed E-state index contributed by atoms with van der Waals surface area (Å²) >= 11 is 6.57. The number of rotatable bonds is 2. The summed E-state index contributed by atoms with van der Waals surface area (Å²) in [6.07, 6.45) is 0. The van der Waals surface area contributed by atoms with Crippen LogP contribution in [-0.4, -0.2) is 0 Å². The van der Waals surface area contributed by atoms with Crippen molar-refractivity contribution in [1.82, 2.24) is 0 Å². The number of aryl methyl sites for hydroxylation is 1. The molecule has 2 aromatic rings. The van der Waals surface area contributed by atoms with Gasteiger partial charge in [0.25, 0.3) is 0 Å². The van der Waals surface area contributed by atoms with Gasteiger partial charge in [-0.05, 0) is 29.0 Å². The Morgan fingerprint density at radius 1 is 0.895 bits per heavy atom. The van der Waals surface area contributed by atoms with Crippen LogP contribution < -0.4 is 0 Å². The molecular formula is C18H21Cl. The number of benzene rings is 2. The van der Waals surface area contributed by atoms with Crippen LogP contribution in [0.25, 0.3) is 0 Å². The summed E-state index contributed by atoms with van der Waals surface area (Å²) in [5, 5.41) is -0.0751. The lowest BCUT2D eigenvalue weighted by Gasteiger charge is -2.20. The van der Waals surface area contributed by atoms with Gasteiger partial charge < -0.3 is 0 Å². The van der Waals surface area contributed by atoms with Crippen molar-refractivity contribution in [1.29, 1.82) is 0 Å². The van der Waals surface area contributed by atoms with E-state index in [0.717, 1.165) is 11.1 Å². The van der Waals surface area contributed by atoms with Crippen LogP contribution in [0.5, 0.6) is 0 Å². The van der Waals surface area contributed by atoms with E-state index in [-0.39, 0.29) is 10.8 Å². The zero-order valence-electron chi connectivity index (χ0n) is 12.1. The van der Waals surface area contributed by atoms with Crippen molar-refractivity contribution in [2.45, 2.75) is 38.5 Å². The molecule has 1 heteroatoms. The van der Waals surface area contributed by atoms with Gasteiger partial charge >= 0.3 is 0 Å². The van der Waals surface area contributed by atoms with E-state index in [4.69, 9.17) is 11.6 Å². The monoisotopic (exact) mass is 272 g/mol. The van der Waals surface area contributed by atoms with Crippen molar-refractivity contribution in [2.24, 2.45) is 0 Å². The molecule has 1 atom stereocenters. The lowest BCUT2D eigenvalue weighted by atomic mass is 9.86. The van der Waals surface area contributed by atoms with Gasteiger partial charge in [-0.15, -0.1) is 11.6 Å². The van der Waals surface area contributed by atoms with Gasteiger partial charge in [-0.25, -0.2) is 0 Å². The smallest absolute Gasteiger partial charge is 0.0835 e. The average molecular weight is 273 g/mol. The summed E-state index contributed by atoms with van der Waals surface area (Å²) in [7, 11) is 0. The quantitative estimate of drug-likeness (QED) is 0.623. The van der Waals surface area contributed by atoms with Gasteiger partial charge in [0.05, 0.1) is 5.38 Å². The molecule has 0 spiro atoms. The normalized spacial score (nSPS) is 13.3. The summed E-state index contributed by atoms with van der Waals surface area (Å²) in [5.41, 5.74) is 5.08. The van der Waals surface area contributed by atoms with Crippen molar-refractivity contribution in [3.05, 3.63) is 70.8 Å².